The van der Waals surface area contributed by atoms with Gasteiger partial charge < -0.3 is 10.2 Å². The lowest BCUT2D eigenvalue weighted by molar-refractivity contribution is -0.115. The highest BCUT2D eigenvalue weighted by atomic mass is 32.2. The van der Waals surface area contributed by atoms with E-state index in [1.165, 1.54) is 17.5 Å². The Labute approximate surface area is 177 Å². The fourth-order valence-electron chi connectivity index (χ4n) is 4.07. The van der Waals surface area contributed by atoms with Gasteiger partial charge in [-0.2, -0.15) is 0 Å². The van der Waals surface area contributed by atoms with E-state index in [2.05, 4.69) is 36.5 Å². The molecule has 1 saturated heterocycles. The second-order valence-electron chi connectivity index (χ2n) is 8.22. The number of likely N-dealkylation sites (tertiary alicyclic amines) is 1. The van der Waals surface area contributed by atoms with Crippen molar-refractivity contribution in [3.63, 3.8) is 0 Å². The first-order valence-corrected chi connectivity index (χ1v) is 11.3. The van der Waals surface area contributed by atoms with E-state index in [4.69, 9.17) is 0 Å². The van der Waals surface area contributed by atoms with Crippen LogP contribution in [0, 0.1) is 12.8 Å². The molecule has 0 aliphatic carbocycles. The lowest BCUT2D eigenvalue weighted by Gasteiger charge is -2.32. The highest BCUT2D eigenvalue weighted by Crippen LogP contribution is 2.36. The Kier molecular flexibility index (Phi) is 5.95. The summed E-state index contributed by atoms with van der Waals surface area (Å²) in [5.74, 6) is 0.755. The number of carbonyl (C=O) groups is 2. The summed E-state index contributed by atoms with van der Waals surface area (Å²) in [6.45, 7) is 5.64. The Morgan fingerprint density at radius 3 is 2.59 bits per heavy atom. The number of nitrogens with one attached hydrogen (secondary N) is 1. The zero-order valence-corrected chi connectivity index (χ0v) is 17.9. The van der Waals surface area contributed by atoms with Crippen LogP contribution in [-0.4, -0.2) is 35.1 Å². The van der Waals surface area contributed by atoms with Gasteiger partial charge in [-0.1, -0.05) is 29.8 Å². The van der Waals surface area contributed by atoms with Crippen LogP contribution in [0.2, 0.25) is 0 Å². The van der Waals surface area contributed by atoms with Gasteiger partial charge in [-0.15, -0.1) is 11.8 Å². The number of anilines is 1. The van der Waals surface area contributed by atoms with Crippen LogP contribution in [0.3, 0.4) is 0 Å². The molecule has 152 valence electrons. The molecule has 1 fully saturated rings. The maximum absolute atomic E-state index is 13.0. The van der Waals surface area contributed by atoms with Gasteiger partial charge in [-0.05, 0) is 69.2 Å². The van der Waals surface area contributed by atoms with E-state index in [9.17, 15) is 9.59 Å². The standard InChI is InChI=1S/C24H28N2O2S/c1-16-3-5-18(6-4-16)7-8-19-11-13-26(14-12-19)24(28)20-9-10-22-21(15-20)25-23(27)17(2)29-22/h3-6,9-10,15,17,19H,7-8,11-14H2,1-2H3,(H,25,27). The maximum atomic E-state index is 13.0. The fraction of sp³-hybridized carbons (Fsp3) is 0.417. The van der Waals surface area contributed by atoms with Crippen LogP contribution in [0.4, 0.5) is 5.69 Å². The van der Waals surface area contributed by atoms with Crippen molar-refractivity contribution in [2.24, 2.45) is 5.92 Å². The molecule has 0 bridgehead atoms. The number of hydrogen-bond acceptors (Lipinski definition) is 3. The van der Waals surface area contributed by atoms with Gasteiger partial charge in [0, 0.05) is 23.5 Å². The monoisotopic (exact) mass is 408 g/mol. The summed E-state index contributed by atoms with van der Waals surface area (Å²) in [5.41, 5.74) is 4.13. The van der Waals surface area contributed by atoms with Crippen molar-refractivity contribution < 1.29 is 9.59 Å². The number of nitrogens with zero attached hydrogens (tertiary/aromatic N) is 1. The molecule has 2 aliphatic rings. The fourth-order valence-corrected chi connectivity index (χ4v) is 5.01. The van der Waals surface area contributed by atoms with Gasteiger partial charge in [-0.25, -0.2) is 0 Å². The molecule has 1 unspecified atom stereocenters. The molecule has 4 nitrogen and oxygen atoms in total. The third-order valence-electron chi connectivity index (χ3n) is 6.02. The molecular weight excluding hydrogens is 380 g/mol. The second-order valence-corrected chi connectivity index (χ2v) is 9.60. The summed E-state index contributed by atoms with van der Waals surface area (Å²) < 4.78 is 0. The van der Waals surface area contributed by atoms with Crippen molar-refractivity contribution in [3.05, 3.63) is 59.2 Å². The Morgan fingerprint density at radius 1 is 1.14 bits per heavy atom. The maximum Gasteiger partial charge on any atom is 0.253 e. The quantitative estimate of drug-likeness (QED) is 0.782. The minimum absolute atomic E-state index is 0.00138. The summed E-state index contributed by atoms with van der Waals surface area (Å²) in [6.07, 6.45) is 4.42. The summed E-state index contributed by atoms with van der Waals surface area (Å²) in [4.78, 5) is 27.9. The minimum atomic E-state index is -0.0945. The number of hydrogen-bond donors (Lipinski definition) is 1. The van der Waals surface area contributed by atoms with Crippen LogP contribution >= 0.6 is 11.8 Å². The van der Waals surface area contributed by atoms with E-state index in [0.717, 1.165) is 42.9 Å². The zero-order valence-electron chi connectivity index (χ0n) is 17.1. The van der Waals surface area contributed by atoms with Crippen LogP contribution in [0.1, 0.15) is 47.7 Å². The van der Waals surface area contributed by atoms with Crippen LogP contribution in [-0.2, 0) is 11.2 Å². The van der Waals surface area contributed by atoms with E-state index in [1.807, 2.05) is 30.0 Å². The SMILES string of the molecule is Cc1ccc(CCC2CCN(C(=O)c3ccc4c(c3)NC(=O)C(C)S4)CC2)cc1. The average Bonchev–Trinajstić information content (AvgIpc) is 2.74. The number of amides is 2. The Balaban J connectivity index is 1.31. The van der Waals surface area contributed by atoms with Crippen molar-refractivity contribution in [2.45, 2.75) is 49.7 Å². The molecule has 2 aliphatic heterocycles. The minimum Gasteiger partial charge on any atom is -0.339 e. The first kappa shape index (κ1) is 20.0. The van der Waals surface area contributed by atoms with Gasteiger partial charge in [0.15, 0.2) is 0 Å². The van der Waals surface area contributed by atoms with Crippen LogP contribution in [0.25, 0.3) is 0 Å². The molecule has 1 N–H and O–H groups in total. The van der Waals surface area contributed by atoms with Gasteiger partial charge >= 0.3 is 0 Å². The van der Waals surface area contributed by atoms with E-state index >= 15 is 0 Å². The first-order chi connectivity index (χ1) is 14.0. The second kappa shape index (κ2) is 8.62. The molecule has 1 atom stereocenters. The van der Waals surface area contributed by atoms with Crippen molar-refractivity contribution in [1.82, 2.24) is 4.90 Å². The molecule has 2 aromatic carbocycles. The molecular formula is C24H28N2O2S. The number of piperidine rings is 1. The summed E-state index contributed by atoms with van der Waals surface area (Å²) >= 11 is 1.54. The van der Waals surface area contributed by atoms with Crippen LogP contribution in [0.5, 0.6) is 0 Å². The number of thioether (sulfide) groups is 1. The van der Waals surface area contributed by atoms with Crippen molar-refractivity contribution in [1.29, 1.82) is 0 Å². The zero-order chi connectivity index (χ0) is 20.4. The highest BCUT2D eigenvalue weighted by Gasteiger charge is 2.26. The predicted molar refractivity (Wildman–Crippen MR) is 119 cm³/mol. The highest BCUT2D eigenvalue weighted by molar-refractivity contribution is 8.00. The Morgan fingerprint density at radius 2 is 1.86 bits per heavy atom. The van der Waals surface area contributed by atoms with Gasteiger partial charge in [0.25, 0.3) is 5.91 Å². The number of rotatable bonds is 4. The van der Waals surface area contributed by atoms with Crippen molar-refractivity contribution in [2.75, 3.05) is 18.4 Å². The third kappa shape index (κ3) is 4.67. The average molecular weight is 409 g/mol. The van der Waals surface area contributed by atoms with Crippen molar-refractivity contribution >= 4 is 29.3 Å². The molecule has 5 heteroatoms. The predicted octanol–water partition coefficient (Wildman–Crippen LogP) is 4.91. The van der Waals surface area contributed by atoms with Crippen LogP contribution < -0.4 is 5.32 Å². The molecule has 2 amide bonds. The largest absolute Gasteiger partial charge is 0.339 e. The van der Waals surface area contributed by atoms with Crippen LogP contribution in [0.15, 0.2) is 47.4 Å². The van der Waals surface area contributed by atoms with E-state index in [-0.39, 0.29) is 17.1 Å². The van der Waals surface area contributed by atoms with Gasteiger partial charge in [-0.3, -0.25) is 9.59 Å². The van der Waals surface area contributed by atoms with E-state index < -0.39 is 0 Å². The lowest BCUT2D eigenvalue weighted by Crippen LogP contribution is -2.38. The lowest BCUT2D eigenvalue weighted by atomic mass is 9.90. The third-order valence-corrected chi connectivity index (χ3v) is 7.20. The smallest absolute Gasteiger partial charge is 0.253 e. The van der Waals surface area contributed by atoms with Gasteiger partial charge in [0.05, 0.1) is 10.9 Å². The van der Waals surface area contributed by atoms with Gasteiger partial charge in [0.1, 0.15) is 0 Å². The topological polar surface area (TPSA) is 49.4 Å². The summed E-state index contributed by atoms with van der Waals surface area (Å²) in [7, 11) is 0. The van der Waals surface area contributed by atoms with Gasteiger partial charge in [0.2, 0.25) is 5.91 Å². The molecule has 0 spiro atoms. The molecule has 2 heterocycles. The Bertz CT molecular complexity index is 902. The van der Waals surface area contributed by atoms with E-state index in [0.29, 0.717) is 11.5 Å². The summed E-state index contributed by atoms with van der Waals surface area (Å²) in [5, 5.41) is 2.83. The van der Waals surface area contributed by atoms with Crippen molar-refractivity contribution in [3.8, 4) is 0 Å². The number of fused-ring (bicyclic) bond motifs is 1. The normalized spacial score (nSPS) is 19.6. The Hall–Kier alpha value is -2.27. The molecule has 0 aromatic heterocycles. The molecule has 29 heavy (non-hydrogen) atoms. The first-order valence-electron chi connectivity index (χ1n) is 10.5. The summed E-state index contributed by atoms with van der Waals surface area (Å²) in [6, 6.07) is 14.5. The number of benzene rings is 2. The molecule has 0 radical (unpaired) electrons. The number of aryl methyl sites for hydroxylation is 2. The molecule has 2 aromatic rings. The number of carbonyl (C=O) groups excluding carboxylic acids is 2. The molecule has 4 rings (SSSR count). The molecule has 0 saturated carbocycles. The van der Waals surface area contributed by atoms with E-state index in [1.54, 1.807) is 11.8 Å².